The van der Waals surface area contributed by atoms with Gasteiger partial charge in [0, 0.05) is 51.1 Å². The highest BCUT2D eigenvalue weighted by Crippen LogP contribution is 2.12. The minimum Gasteiger partial charge on any atom is -0.356 e. The predicted octanol–water partition coefficient (Wildman–Crippen LogP) is 2.25. The molecule has 1 aromatic carbocycles. The summed E-state index contributed by atoms with van der Waals surface area (Å²) in [6.07, 6.45) is 3.53. The van der Waals surface area contributed by atoms with Gasteiger partial charge in [-0.2, -0.15) is 0 Å². The van der Waals surface area contributed by atoms with E-state index in [4.69, 9.17) is 11.6 Å². The number of carbonyl (C=O) groups excluding carboxylic acids is 3. The van der Waals surface area contributed by atoms with Gasteiger partial charge in [-0.25, -0.2) is 0 Å². The van der Waals surface area contributed by atoms with Crippen molar-refractivity contribution >= 4 is 29.3 Å². The van der Waals surface area contributed by atoms with Crippen molar-refractivity contribution in [2.45, 2.75) is 39.0 Å². The summed E-state index contributed by atoms with van der Waals surface area (Å²) in [6, 6.07) is 7.31. The van der Waals surface area contributed by atoms with Crippen molar-refractivity contribution in [3.63, 3.8) is 0 Å². The van der Waals surface area contributed by atoms with Crippen molar-refractivity contribution < 1.29 is 14.4 Å². The molecule has 3 amide bonds. The van der Waals surface area contributed by atoms with Crippen LogP contribution in [-0.4, -0.2) is 60.2 Å². The summed E-state index contributed by atoms with van der Waals surface area (Å²) in [5.41, 5.74) is 0.946. The zero-order valence-electron chi connectivity index (χ0n) is 15.9. The number of piperazine rings is 1. The molecule has 1 N–H and O–H groups in total. The van der Waals surface area contributed by atoms with E-state index in [2.05, 4.69) is 5.32 Å². The molecule has 148 valence electrons. The van der Waals surface area contributed by atoms with Crippen LogP contribution in [0.5, 0.6) is 0 Å². The fourth-order valence-corrected chi connectivity index (χ4v) is 3.22. The largest absolute Gasteiger partial charge is 0.356 e. The third kappa shape index (κ3) is 7.59. The van der Waals surface area contributed by atoms with Crippen molar-refractivity contribution in [1.82, 2.24) is 15.1 Å². The number of hydrogen-bond donors (Lipinski definition) is 1. The van der Waals surface area contributed by atoms with E-state index in [-0.39, 0.29) is 17.7 Å². The highest BCUT2D eigenvalue weighted by Gasteiger charge is 2.23. The van der Waals surface area contributed by atoms with E-state index in [1.54, 1.807) is 12.1 Å². The van der Waals surface area contributed by atoms with Gasteiger partial charge in [-0.15, -0.1) is 0 Å². The zero-order chi connectivity index (χ0) is 19.6. The molecule has 0 radical (unpaired) electrons. The Morgan fingerprint density at radius 3 is 2.11 bits per heavy atom. The van der Waals surface area contributed by atoms with E-state index < -0.39 is 0 Å². The van der Waals surface area contributed by atoms with Crippen LogP contribution in [0.2, 0.25) is 5.02 Å². The van der Waals surface area contributed by atoms with Gasteiger partial charge >= 0.3 is 0 Å². The molecule has 0 spiro atoms. The van der Waals surface area contributed by atoms with E-state index in [9.17, 15) is 14.4 Å². The minimum atomic E-state index is -0.0189. The molecule has 2 rings (SSSR count). The fraction of sp³-hybridized carbons (Fsp3) is 0.550. The molecule has 1 aliphatic heterocycles. The monoisotopic (exact) mass is 393 g/mol. The van der Waals surface area contributed by atoms with Gasteiger partial charge in [0.05, 0.1) is 6.42 Å². The third-order valence-corrected chi connectivity index (χ3v) is 4.95. The second kappa shape index (κ2) is 10.9. The van der Waals surface area contributed by atoms with Crippen LogP contribution in [0.15, 0.2) is 24.3 Å². The van der Waals surface area contributed by atoms with E-state index >= 15 is 0 Å². The first-order chi connectivity index (χ1) is 13.0. The van der Waals surface area contributed by atoms with E-state index in [1.807, 2.05) is 21.9 Å². The van der Waals surface area contributed by atoms with Crippen molar-refractivity contribution in [3.05, 3.63) is 34.9 Å². The lowest BCUT2D eigenvalue weighted by Crippen LogP contribution is -2.50. The average Bonchev–Trinajstić information content (AvgIpc) is 2.66. The molecule has 0 bridgehead atoms. The number of halogens is 1. The number of benzene rings is 1. The number of rotatable bonds is 8. The fourth-order valence-electron chi connectivity index (χ4n) is 3.09. The summed E-state index contributed by atoms with van der Waals surface area (Å²) in [4.78, 5) is 39.1. The number of nitrogens with zero attached hydrogens (tertiary/aromatic N) is 2. The molecule has 1 fully saturated rings. The lowest BCUT2D eigenvalue weighted by molar-refractivity contribution is -0.139. The molecule has 0 aromatic heterocycles. The maximum atomic E-state index is 12.4. The van der Waals surface area contributed by atoms with E-state index in [1.165, 1.54) is 6.92 Å². The minimum absolute atomic E-state index is 0.0189. The molecule has 0 atom stereocenters. The van der Waals surface area contributed by atoms with Crippen LogP contribution < -0.4 is 5.32 Å². The van der Waals surface area contributed by atoms with Crippen LogP contribution in [-0.2, 0) is 20.8 Å². The lowest BCUT2D eigenvalue weighted by atomic mass is 10.1. The first-order valence-corrected chi connectivity index (χ1v) is 9.88. The van der Waals surface area contributed by atoms with Gasteiger partial charge in [0.25, 0.3) is 0 Å². The van der Waals surface area contributed by atoms with E-state index in [0.717, 1.165) is 24.8 Å². The molecule has 1 aromatic rings. The zero-order valence-corrected chi connectivity index (χ0v) is 16.6. The topological polar surface area (TPSA) is 69.7 Å². The Labute approximate surface area is 165 Å². The Bertz CT molecular complexity index is 640. The Morgan fingerprint density at radius 2 is 1.52 bits per heavy atom. The van der Waals surface area contributed by atoms with Crippen LogP contribution >= 0.6 is 11.6 Å². The van der Waals surface area contributed by atoms with Crippen LogP contribution in [0.25, 0.3) is 0 Å². The molecule has 1 saturated heterocycles. The van der Waals surface area contributed by atoms with Crippen molar-refractivity contribution in [1.29, 1.82) is 0 Å². The number of hydrogen-bond acceptors (Lipinski definition) is 3. The standard InChI is InChI=1S/C20H28ClN3O3/c1-16(25)22-10-4-2-3-5-19(26)23-11-13-24(14-12-23)20(27)15-17-6-8-18(21)9-7-17/h6-9H,2-5,10-15H2,1H3,(H,22,25). The summed E-state index contributed by atoms with van der Waals surface area (Å²) in [6.45, 7) is 4.52. The van der Waals surface area contributed by atoms with Crippen LogP contribution in [0.4, 0.5) is 0 Å². The van der Waals surface area contributed by atoms with E-state index in [0.29, 0.717) is 50.6 Å². The van der Waals surface area contributed by atoms with Crippen LogP contribution in [0.3, 0.4) is 0 Å². The molecule has 0 aliphatic carbocycles. The van der Waals surface area contributed by atoms with Gasteiger partial charge in [-0.3, -0.25) is 14.4 Å². The molecule has 27 heavy (non-hydrogen) atoms. The maximum Gasteiger partial charge on any atom is 0.227 e. The van der Waals surface area contributed by atoms with Gasteiger partial charge < -0.3 is 15.1 Å². The Morgan fingerprint density at radius 1 is 0.926 bits per heavy atom. The Hall–Kier alpha value is -2.08. The highest BCUT2D eigenvalue weighted by atomic mass is 35.5. The van der Waals surface area contributed by atoms with Crippen molar-refractivity contribution in [2.24, 2.45) is 0 Å². The Balaban J connectivity index is 1.63. The van der Waals surface area contributed by atoms with Crippen LogP contribution in [0, 0.1) is 0 Å². The van der Waals surface area contributed by atoms with Gasteiger partial charge in [-0.1, -0.05) is 30.2 Å². The van der Waals surface area contributed by atoms with Gasteiger partial charge in [0.2, 0.25) is 17.7 Å². The van der Waals surface area contributed by atoms with Gasteiger partial charge in [0.1, 0.15) is 0 Å². The summed E-state index contributed by atoms with van der Waals surface area (Å²) in [7, 11) is 0. The quantitative estimate of drug-likeness (QED) is 0.688. The van der Waals surface area contributed by atoms with Gasteiger partial charge in [0.15, 0.2) is 0 Å². The summed E-state index contributed by atoms with van der Waals surface area (Å²) >= 11 is 5.87. The number of carbonyl (C=O) groups is 3. The lowest BCUT2D eigenvalue weighted by Gasteiger charge is -2.35. The molecule has 6 nitrogen and oxygen atoms in total. The normalized spacial score (nSPS) is 14.1. The second-order valence-corrected chi connectivity index (χ2v) is 7.29. The number of nitrogens with one attached hydrogen (secondary N) is 1. The predicted molar refractivity (Wildman–Crippen MR) is 105 cm³/mol. The molecule has 7 heteroatoms. The molecule has 1 aliphatic rings. The third-order valence-electron chi connectivity index (χ3n) is 4.70. The summed E-state index contributed by atoms with van der Waals surface area (Å²) < 4.78 is 0. The van der Waals surface area contributed by atoms with Crippen molar-refractivity contribution in [2.75, 3.05) is 32.7 Å². The molecule has 0 unspecified atom stereocenters. The molecular formula is C20H28ClN3O3. The molecule has 0 saturated carbocycles. The summed E-state index contributed by atoms with van der Waals surface area (Å²) in [5.74, 6) is 0.219. The first-order valence-electron chi connectivity index (χ1n) is 9.50. The van der Waals surface area contributed by atoms with Gasteiger partial charge in [-0.05, 0) is 30.5 Å². The second-order valence-electron chi connectivity index (χ2n) is 6.86. The number of amides is 3. The Kier molecular flexibility index (Phi) is 8.58. The maximum absolute atomic E-state index is 12.4. The number of unbranched alkanes of at least 4 members (excludes halogenated alkanes) is 2. The highest BCUT2D eigenvalue weighted by molar-refractivity contribution is 6.30. The van der Waals surface area contributed by atoms with Crippen LogP contribution in [0.1, 0.15) is 38.2 Å². The van der Waals surface area contributed by atoms with Crippen molar-refractivity contribution in [3.8, 4) is 0 Å². The smallest absolute Gasteiger partial charge is 0.227 e. The summed E-state index contributed by atoms with van der Waals surface area (Å²) in [5, 5.41) is 3.41. The first kappa shape index (κ1) is 21.2. The molecule has 1 heterocycles. The molecular weight excluding hydrogens is 366 g/mol. The average molecular weight is 394 g/mol. The SMILES string of the molecule is CC(=O)NCCCCCC(=O)N1CCN(C(=O)Cc2ccc(Cl)cc2)CC1.